The molecule has 1 N–H and O–H groups in total. The van der Waals surface area contributed by atoms with Crippen molar-refractivity contribution in [3.8, 4) is 0 Å². The maximum absolute atomic E-state index is 4.64. The molecule has 0 aromatic rings. The molecule has 4 heteroatoms. The van der Waals surface area contributed by atoms with Crippen LogP contribution in [0.3, 0.4) is 0 Å². The third-order valence-corrected chi connectivity index (χ3v) is 1.50. The molecule has 0 fully saturated rings. The van der Waals surface area contributed by atoms with Crippen LogP contribution in [-0.2, 0) is 4.84 Å². The fourth-order valence-corrected chi connectivity index (χ4v) is 1.08. The highest BCUT2D eigenvalue weighted by Gasteiger charge is 2.00. The van der Waals surface area contributed by atoms with Crippen LogP contribution in [0.1, 0.15) is 0 Å². The van der Waals surface area contributed by atoms with Gasteiger partial charge in [-0.25, -0.2) is 0 Å². The van der Waals surface area contributed by atoms with E-state index in [4.69, 9.17) is 0 Å². The number of hydrogen-bond acceptors (Lipinski definition) is 4. The van der Waals surface area contributed by atoms with Crippen LogP contribution in [0.25, 0.3) is 0 Å². The van der Waals surface area contributed by atoms with Crippen molar-refractivity contribution >= 4 is 11.8 Å². The second-order valence-electron chi connectivity index (χ2n) is 1.35. The quantitative estimate of drug-likeness (QED) is 0.554. The van der Waals surface area contributed by atoms with E-state index in [0.29, 0.717) is 0 Å². The highest BCUT2D eigenvalue weighted by atomic mass is 32.2. The molecule has 1 aliphatic heterocycles. The Hall–Kier alpha value is -0.190. The predicted octanol–water partition coefficient (Wildman–Crippen LogP) is 0.530. The first-order valence-corrected chi connectivity index (χ1v) is 3.32. The van der Waals surface area contributed by atoms with Gasteiger partial charge in [-0.05, 0) is 5.41 Å². The molecule has 1 rings (SSSR count). The summed E-state index contributed by atoms with van der Waals surface area (Å²) in [6.45, 7) is 0. The molecule has 0 saturated heterocycles. The van der Waals surface area contributed by atoms with E-state index in [1.807, 2.05) is 16.6 Å². The third-order valence-electron chi connectivity index (χ3n) is 0.759. The van der Waals surface area contributed by atoms with Crippen LogP contribution in [0.4, 0.5) is 0 Å². The van der Waals surface area contributed by atoms with Gasteiger partial charge >= 0.3 is 0 Å². The Balaban J connectivity index is 2.16. The normalized spacial score (nSPS) is 17.9. The van der Waals surface area contributed by atoms with Gasteiger partial charge in [0.1, 0.15) is 0 Å². The molecular weight excluding hydrogens is 124 g/mol. The Morgan fingerprint density at radius 2 is 2.75 bits per heavy atom. The standard InChI is InChI=1S/C4H8N2OS/c1-7-5-6-2-3-8-4-6/h2-3,5H,4H2,1H3. The van der Waals surface area contributed by atoms with Crippen molar-refractivity contribution in [3.63, 3.8) is 0 Å². The van der Waals surface area contributed by atoms with Crippen LogP contribution in [-0.4, -0.2) is 18.0 Å². The predicted molar refractivity (Wildman–Crippen MR) is 33.6 cm³/mol. The summed E-state index contributed by atoms with van der Waals surface area (Å²) in [6.07, 6.45) is 1.92. The summed E-state index contributed by atoms with van der Waals surface area (Å²) in [5.41, 5.74) is 2.67. The first-order valence-electron chi connectivity index (χ1n) is 2.27. The topological polar surface area (TPSA) is 24.5 Å². The Kier molecular flexibility index (Phi) is 2.20. The Bertz CT molecular complexity index is 96.0. The molecule has 0 aromatic carbocycles. The van der Waals surface area contributed by atoms with Crippen LogP contribution >= 0.6 is 11.8 Å². The molecule has 0 unspecified atom stereocenters. The van der Waals surface area contributed by atoms with E-state index in [-0.39, 0.29) is 0 Å². The summed E-state index contributed by atoms with van der Waals surface area (Å²) in [5, 5.41) is 3.86. The highest BCUT2D eigenvalue weighted by molar-refractivity contribution is 8.02. The van der Waals surface area contributed by atoms with Gasteiger partial charge in [-0.3, -0.25) is 9.85 Å². The molecule has 46 valence electrons. The van der Waals surface area contributed by atoms with Crippen molar-refractivity contribution in [1.82, 2.24) is 10.6 Å². The average Bonchev–Trinajstić information content (AvgIpc) is 2.19. The summed E-state index contributed by atoms with van der Waals surface area (Å²) in [6, 6.07) is 0. The van der Waals surface area contributed by atoms with Crippen LogP contribution in [0, 0.1) is 0 Å². The average molecular weight is 132 g/mol. The van der Waals surface area contributed by atoms with Gasteiger partial charge in [-0.15, -0.1) is 17.4 Å². The minimum Gasteiger partial charge on any atom is -0.285 e. The molecule has 0 aliphatic carbocycles. The van der Waals surface area contributed by atoms with E-state index >= 15 is 0 Å². The van der Waals surface area contributed by atoms with E-state index in [2.05, 4.69) is 10.4 Å². The lowest BCUT2D eigenvalue weighted by Gasteiger charge is -2.12. The van der Waals surface area contributed by atoms with Crippen LogP contribution in [0.15, 0.2) is 11.6 Å². The fraction of sp³-hybridized carbons (Fsp3) is 0.500. The van der Waals surface area contributed by atoms with Crippen molar-refractivity contribution in [2.75, 3.05) is 13.0 Å². The second kappa shape index (κ2) is 2.96. The van der Waals surface area contributed by atoms with Gasteiger partial charge in [0.15, 0.2) is 0 Å². The maximum Gasteiger partial charge on any atom is 0.0855 e. The molecule has 0 saturated carbocycles. The van der Waals surface area contributed by atoms with E-state index in [1.54, 1.807) is 18.9 Å². The number of nitrogens with zero attached hydrogens (tertiary/aromatic N) is 1. The molecule has 1 heterocycles. The minimum absolute atomic E-state index is 0.924. The zero-order valence-electron chi connectivity index (χ0n) is 4.63. The van der Waals surface area contributed by atoms with E-state index in [1.165, 1.54) is 0 Å². The first-order chi connectivity index (χ1) is 3.93. The van der Waals surface area contributed by atoms with Crippen LogP contribution < -0.4 is 5.59 Å². The van der Waals surface area contributed by atoms with Crippen LogP contribution in [0.2, 0.25) is 0 Å². The van der Waals surface area contributed by atoms with Crippen molar-refractivity contribution in [1.29, 1.82) is 0 Å². The number of thioether (sulfide) groups is 1. The Morgan fingerprint density at radius 3 is 3.25 bits per heavy atom. The number of rotatable bonds is 2. The molecule has 8 heavy (non-hydrogen) atoms. The lowest BCUT2D eigenvalue weighted by Crippen LogP contribution is -2.29. The summed E-state index contributed by atoms with van der Waals surface area (Å²) >= 11 is 1.72. The molecular formula is C4H8N2OS. The van der Waals surface area contributed by atoms with E-state index < -0.39 is 0 Å². The molecule has 0 spiro atoms. The van der Waals surface area contributed by atoms with Crippen molar-refractivity contribution in [2.45, 2.75) is 0 Å². The van der Waals surface area contributed by atoms with Crippen molar-refractivity contribution < 1.29 is 4.84 Å². The molecule has 0 bridgehead atoms. The first kappa shape index (κ1) is 5.94. The van der Waals surface area contributed by atoms with Gasteiger partial charge in [0, 0.05) is 6.20 Å². The molecule has 0 amide bonds. The molecule has 1 aliphatic rings. The lowest BCUT2D eigenvalue weighted by atomic mass is 11.0. The SMILES string of the molecule is CONN1C=CSC1. The molecule has 0 atom stereocenters. The third kappa shape index (κ3) is 1.40. The van der Waals surface area contributed by atoms with Crippen molar-refractivity contribution in [3.05, 3.63) is 11.6 Å². The van der Waals surface area contributed by atoms with E-state index in [0.717, 1.165) is 5.88 Å². The molecule has 0 radical (unpaired) electrons. The van der Waals surface area contributed by atoms with Gasteiger partial charge in [-0.2, -0.15) is 0 Å². The van der Waals surface area contributed by atoms with Gasteiger partial charge in [-0.1, -0.05) is 0 Å². The van der Waals surface area contributed by atoms with Crippen LogP contribution in [0.5, 0.6) is 0 Å². The summed E-state index contributed by atoms with van der Waals surface area (Å²) < 4.78 is 0. The Morgan fingerprint density at radius 1 is 1.88 bits per heavy atom. The van der Waals surface area contributed by atoms with Gasteiger partial charge < -0.3 is 0 Å². The van der Waals surface area contributed by atoms with E-state index in [9.17, 15) is 0 Å². The highest BCUT2D eigenvalue weighted by Crippen LogP contribution is 2.11. The minimum atomic E-state index is 0.924. The summed E-state index contributed by atoms with van der Waals surface area (Å²) in [7, 11) is 1.59. The molecule has 0 aromatic heterocycles. The lowest BCUT2D eigenvalue weighted by molar-refractivity contribution is -0.0168. The zero-order chi connectivity index (χ0) is 5.82. The number of hydrazine groups is 1. The smallest absolute Gasteiger partial charge is 0.0855 e. The monoisotopic (exact) mass is 132 g/mol. The fourth-order valence-electron chi connectivity index (χ4n) is 0.457. The maximum atomic E-state index is 4.64. The largest absolute Gasteiger partial charge is 0.285 e. The summed E-state index contributed by atoms with van der Waals surface area (Å²) in [5.74, 6) is 0.924. The summed E-state index contributed by atoms with van der Waals surface area (Å²) in [4.78, 5) is 4.64. The molecule has 3 nitrogen and oxygen atoms in total. The zero-order valence-corrected chi connectivity index (χ0v) is 5.44. The van der Waals surface area contributed by atoms with Gasteiger partial charge in [0.05, 0.1) is 13.0 Å². The van der Waals surface area contributed by atoms with Gasteiger partial charge in [0.2, 0.25) is 0 Å². The van der Waals surface area contributed by atoms with Gasteiger partial charge in [0.25, 0.3) is 0 Å². The number of nitrogens with one attached hydrogen (secondary N) is 1. The van der Waals surface area contributed by atoms with Crippen molar-refractivity contribution in [2.24, 2.45) is 0 Å². The second-order valence-corrected chi connectivity index (χ2v) is 2.21. The Labute approximate surface area is 52.6 Å². The number of hydrogen-bond donors (Lipinski definition) is 1.